The molecule has 4 rings (SSSR count). The van der Waals surface area contributed by atoms with E-state index < -0.39 is 0 Å². The number of amides is 1. The summed E-state index contributed by atoms with van der Waals surface area (Å²) in [6, 6.07) is 14.3. The van der Waals surface area contributed by atoms with Gasteiger partial charge in [-0.2, -0.15) is 0 Å². The number of hydrogen-bond donors (Lipinski definition) is 2. The van der Waals surface area contributed by atoms with Crippen LogP contribution in [0.3, 0.4) is 0 Å². The lowest BCUT2D eigenvalue weighted by molar-refractivity contribution is 0.0932. The monoisotopic (exact) mass is 318 g/mol. The molecule has 3 nitrogen and oxygen atoms in total. The Kier molecular flexibility index (Phi) is 3.64. The maximum Gasteiger partial charge on any atom is 0.251 e. The van der Waals surface area contributed by atoms with Gasteiger partial charge in [-0.1, -0.05) is 29.3 Å². The number of aromatic amines is 1. The number of benzene rings is 2. The van der Waals surface area contributed by atoms with Crippen LogP contribution >= 0.6 is 0 Å². The van der Waals surface area contributed by atoms with Crippen LogP contribution in [0.15, 0.2) is 42.5 Å². The summed E-state index contributed by atoms with van der Waals surface area (Å²) in [6.07, 6.45) is 3.17. The second-order valence-electron chi connectivity index (χ2n) is 6.85. The van der Waals surface area contributed by atoms with Gasteiger partial charge in [0.05, 0.1) is 6.04 Å². The van der Waals surface area contributed by atoms with Gasteiger partial charge in [-0.3, -0.25) is 4.79 Å². The standard InChI is InChI=1S/C21H22N2O/c1-13-5-3-6-15(11-13)21(24)23-19-8-4-7-16-17-12-14(2)9-10-18(17)22-20(16)19/h3,5-6,9-12,19,22H,4,7-8H2,1-2H3,(H,23,24). The Balaban J connectivity index is 1.67. The minimum absolute atomic E-state index is 0.00591. The van der Waals surface area contributed by atoms with Crippen molar-refractivity contribution in [2.75, 3.05) is 0 Å². The third-order valence-corrected chi connectivity index (χ3v) is 4.95. The Morgan fingerprint density at radius 2 is 1.96 bits per heavy atom. The first kappa shape index (κ1) is 15.0. The van der Waals surface area contributed by atoms with Gasteiger partial charge in [0.15, 0.2) is 0 Å². The number of rotatable bonds is 2. The molecule has 0 radical (unpaired) electrons. The van der Waals surface area contributed by atoms with Gasteiger partial charge in [0.1, 0.15) is 0 Å². The van der Waals surface area contributed by atoms with Gasteiger partial charge in [-0.05, 0) is 62.9 Å². The van der Waals surface area contributed by atoms with Crippen LogP contribution in [0.4, 0.5) is 0 Å². The maximum atomic E-state index is 12.6. The molecule has 0 aliphatic heterocycles. The van der Waals surface area contributed by atoms with E-state index in [1.165, 1.54) is 27.7 Å². The van der Waals surface area contributed by atoms with E-state index in [4.69, 9.17) is 0 Å². The van der Waals surface area contributed by atoms with E-state index in [1.807, 2.05) is 31.2 Å². The minimum atomic E-state index is 0.00591. The molecule has 0 fully saturated rings. The number of fused-ring (bicyclic) bond motifs is 3. The topological polar surface area (TPSA) is 44.9 Å². The summed E-state index contributed by atoms with van der Waals surface area (Å²) >= 11 is 0. The number of H-pyrrole nitrogens is 1. The Morgan fingerprint density at radius 1 is 1.12 bits per heavy atom. The first-order chi connectivity index (χ1) is 11.6. The molecule has 1 unspecified atom stereocenters. The van der Waals surface area contributed by atoms with Crippen LogP contribution < -0.4 is 5.32 Å². The number of carbonyl (C=O) groups excluding carboxylic acids is 1. The highest BCUT2D eigenvalue weighted by Gasteiger charge is 2.25. The SMILES string of the molecule is Cc1cccc(C(=O)NC2CCCc3c2[nH]c2ccc(C)cc32)c1. The van der Waals surface area contributed by atoms with Crippen LogP contribution in [0, 0.1) is 13.8 Å². The van der Waals surface area contributed by atoms with Crippen LogP contribution in [0.25, 0.3) is 10.9 Å². The van der Waals surface area contributed by atoms with Gasteiger partial charge in [-0.15, -0.1) is 0 Å². The van der Waals surface area contributed by atoms with Crippen LogP contribution in [0.5, 0.6) is 0 Å². The molecular formula is C21H22N2O. The van der Waals surface area contributed by atoms with Gasteiger partial charge in [-0.25, -0.2) is 0 Å². The molecule has 2 N–H and O–H groups in total. The maximum absolute atomic E-state index is 12.6. The van der Waals surface area contributed by atoms with E-state index in [0.29, 0.717) is 0 Å². The third kappa shape index (κ3) is 2.60. The van der Waals surface area contributed by atoms with E-state index >= 15 is 0 Å². The van der Waals surface area contributed by atoms with Gasteiger partial charge < -0.3 is 10.3 Å². The van der Waals surface area contributed by atoms with Crippen molar-refractivity contribution in [3.63, 3.8) is 0 Å². The molecule has 3 heteroatoms. The first-order valence-corrected chi connectivity index (χ1v) is 8.60. The predicted octanol–water partition coefficient (Wildman–Crippen LogP) is 4.59. The number of nitrogens with one attached hydrogen (secondary N) is 2. The quantitative estimate of drug-likeness (QED) is 0.713. The molecule has 1 atom stereocenters. The van der Waals surface area contributed by atoms with Gasteiger partial charge in [0.25, 0.3) is 5.91 Å². The summed E-state index contributed by atoms with van der Waals surface area (Å²) < 4.78 is 0. The van der Waals surface area contributed by atoms with Crippen LogP contribution in [0.1, 0.15) is 51.6 Å². The number of hydrogen-bond acceptors (Lipinski definition) is 1. The molecule has 1 aliphatic rings. The van der Waals surface area contributed by atoms with E-state index in [9.17, 15) is 4.79 Å². The fourth-order valence-electron chi connectivity index (χ4n) is 3.75. The zero-order chi connectivity index (χ0) is 16.7. The highest BCUT2D eigenvalue weighted by Crippen LogP contribution is 2.35. The van der Waals surface area contributed by atoms with Crippen LogP contribution in [-0.4, -0.2) is 10.9 Å². The molecule has 0 bridgehead atoms. The lowest BCUT2D eigenvalue weighted by Gasteiger charge is -2.24. The van der Waals surface area contributed by atoms with Gasteiger partial charge in [0.2, 0.25) is 0 Å². The molecule has 1 amide bonds. The second kappa shape index (κ2) is 5.82. The average Bonchev–Trinajstić information content (AvgIpc) is 2.94. The summed E-state index contributed by atoms with van der Waals surface area (Å²) in [4.78, 5) is 16.2. The summed E-state index contributed by atoms with van der Waals surface area (Å²) in [5, 5.41) is 4.53. The molecule has 0 saturated carbocycles. The summed E-state index contributed by atoms with van der Waals surface area (Å²) in [6.45, 7) is 4.13. The molecule has 0 saturated heterocycles. The molecule has 122 valence electrons. The fraction of sp³-hybridized carbons (Fsp3) is 0.286. The van der Waals surface area contributed by atoms with Gasteiger partial charge in [0, 0.05) is 22.2 Å². The molecule has 1 heterocycles. The third-order valence-electron chi connectivity index (χ3n) is 4.95. The zero-order valence-corrected chi connectivity index (χ0v) is 14.1. The van der Waals surface area contributed by atoms with Gasteiger partial charge >= 0.3 is 0 Å². The van der Waals surface area contributed by atoms with Crippen molar-refractivity contribution in [1.82, 2.24) is 10.3 Å². The molecule has 0 spiro atoms. The Morgan fingerprint density at radius 3 is 2.79 bits per heavy atom. The van der Waals surface area contributed by atoms with Crippen LogP contribution in [-0.2, 0) is 6.42 Å². The molecule has 1 aromatic heterocycles. The molecule has 24 heavy (non-hydrogen) atoms. The first-order valence-electron chi connectivity index (χ1n) is 8.60. The van der Waals surface area contributed by atoms with Crippen LogP contribution in [0.2, 0.25) is 0 Å². The lowest BCUT2D eigenvalue weighted by atomic mass is 9.91. The highest BCUT2D eigenvalue weighted by atomic mass is 16.1. The molecule has 3 aromatic rings. The number of aromatic nitrogens is 1. The van der Waals surface area contributed by atoms with Crippen molar-refractivity contribution in [2.24, 2.45) is 0 Å². The largest absolute Gasteiger partial charge is 0.356 e. The van der Waals surface area contributed by atoms with E-state index in [0.717, 1.165) is 30.4 Å². The summed E-state index contributed by atoms with van der Waals surface area (Å²) in [5.74, 6) is 0.00591. The van der Waals surface area contributed by atoms with Crippen molar-refractivity contribution in [3.05, 3.63) is 70.4 Å². The molecule has 2 aromatic carbocycles. The van der Waals surface area contributed by atoms with Crippen molar-refractivity contribution in [2.45, 2.75) is 39.2 Å². The number of aryl methyl sites for hydroxylation is 3. The number of carbonyl (C=O) groups is 1. The smallest absolute Gasteiger partial charge is 0.251 e. The van der Waals surface area contributed by atoms with E-state index in [2.05, 4.69) is 35.4 Å². The lowest BCUT2D eigenvalue weighted by Crippen LogP contribution is -2.31. The zero-order valence-electron chi connectivity index (χ0n) is 14.1. The van der Waals surface area contributed by atoms with Crippen molar-refractivity contribution in [1.29, 1.82) is 0 Å². The Bertz CT molecular complexity index is 923. The predicted molar refractivity (Wildman–Crippen MR) is 97.4 cm³/mol. The Labute approximate surface area is 142 Å². The van der Waals surface area contributed by atoms with E-state index in [-0.39, 0.29) is 11.9 Å². The summed E-state index contributed by atoms with van der Waals surface area (Å²) in [5.41, 5.74) is 6.83. The highest BCUT2D eigenvalue weighted by molar-refractivity contribution is 5.95. The molecule has 1 aliphatic carbocycles. The van der Waals surface area contributed by atoms with Crippen molar-refractivity contribution < 1.29 is 4.79 Å². The van der Waals surface area contributed by atoms with E-state index in [1.54, 1.807) is 0 Å². The average molecular weight is 318 g/mol. The van der Waals surface area contributed by atoms with Crippen molar-refractivity contribution in [3.8, 4) is 0 Å². The fourth-order valence-corrected chi connectivity index (χ4v) is 3.75. The normalized spacial score (nSPS) is 16.8. The second-order valence-corrected chi connectivity index (χ2v) is 6.85. The minimum Gasteiger partial charge on any atom is -0.356 e. The summed E-state index contributed by atoms with van der Waals surface area (Å²) in [7, 11) is 0. The Hall–Kier alpha value is -2.55. The van der Waals surface area contributed by atoms with Crippen molar-refractivity contribution >= 4 is 16.8 Å². The molecular weight excluding hydrogens is 296 g/mol.